The molecule has 3 rings (SSSR count). The smallest absolute Gasteiger partial charge is 0.230 e. The third kappa shape index (κ3) is 3.23. The highest BCUT2D eigenvalue weighted by Crippen LogP contribution is 2.30. The van der Waals surface area contributed by atoms with Crippen molar-refractivity contribution < 1.29 is 9.53 Å². The summed E-state index contributed by atoms with van der Waals surface area (Å²) in [5.74, 6) is 0.468. The first-order valence-electron chi connectivity index (χ1n) is 7.77. The number of fused-ring (bicyclic) bond motifs is 1. The summed E-state index contributed by atoms with van der Waals surface area (Å²) in [6, 6.07) is 15.7. The van der Waals surface area contributed by atoms with Gasteiger partial charge in [0, 0.05) is 5.69 Å². The number of hydrogen-bond acceptors (Lipinski definition) is 4. The van der Waals surface area contributed by atoms with Gasteiger partial charge in [-0.3, -0.25) is 9.36 Å². The van der Waals surface area contributed by atoms with E-state index in [-0.39, 0.29) is 11.2 Å². The van der Waals surface area contributed by atoms with Crippen molar-refractivity contribution in [3.63, 3.8) is 0 Å². The monoisotopic (exact) mass is 341 g/mol. The molecule has 0 spiro atoms. The molecule has 24 heavy (non-hydrogen) atoms. The van der Waals surface area contributed by atoms with Crippen LogP contribution in [0.4, 0.5) is 0 Å². The lowest BCUT2D eigenvalue weighted by molar-refractivity contribution is -0.117. The van der Waals surface area contributed by atoms with Crippen LogP contribution in [0.3, 0.4) is 0 Å². The topological polar surface area (TPSA) is 70.1 Å². The zero-order valence-corrected chi connectivity index (χ0v) is 14.4. The number of aromatic nitrogens is 2. The molecular weight excluding hydrogens is 322 g/mol. The molecule has 0 aliphatic carbocycles. The molecule has 0 saturated carbocycles. The summed E-state index contributed by atoms with van der Waals surface area (Å²) in [4.78, 5) is 16.1. The molecule has 0 radical (unpaired) electrons. The molecule has 3 aromatic rings. The van der Waals surface area contributed by atoms with Crippen LogP contribution in [0.5, 0.6) is 5.75 Å². The van der Waals surface area contributed by atoms with Crippen molar-refractivity contribution in [3.8, 4) is 11.4 Å². The van der Waals surface area contributed by atoms with Crippen LogP contribution >= 0.6 is 11.8 Å². The molecule has 1 heterocycles. The number of nitrogens with zero attached hydrogens (tertiary/aromatic N) is 2. The number of amides is 1. The largest absolute Gasteiger partial charge is 0.494 e. The predicted octanol–water partition coefficient (Wildman–Crippen LogP) is 3.39. The van der Waals surface area contributed by atoms with Crippen LogP contribution in [0, 0.1) is 0 Å². The van der Waals surface area contributed by atoms with Gasteiger partial charge in [-0.05, 0) is 50.2 Å². The van der Waals surface area contributed by atoms with Crippen molar-refractivity contribution in [2.75, 3.05) is 6.61 Å². The molecule has 1 atom stereocenters. The summed E-state index contributed by atoms with van der Waals surface area (Å²) in [6.45, 7) is 4.37. The number of benzene rings is 2. The minimum absolute atomic E-state index is 0.356. The Morgan fingerprint density at radius 2 is 1.96 bits per heavy atom. The molecule has 0 aliphatic rings. The summed E-state index contributed by atoms with van der Waals surface area (Å²) in [5.41, 5.74) is 8.24. The second-order valence-electron chi connectivity index (χ2n) is 5.31. The van der Waals surface area contributed by atoms with E-state index in [1.165, 1.54) is 11.8 Å². The van der Waals surface area contributed by atoms with Gasteiger partial charge in [0.15, 0.2) is 5.16 Å². The summed E-state index contributed by atoms with van der Waals surface area (Å²) in [5, 5.41) is 0.384. The molecule has 0 saturated heterocycles. The van der Waals surface area contributed by atoms with Crippen molar-refractivity contribution in [3.05, 3.63) is 48.5 Å². The number of para-hydroxylation sites is 2. The lowest BCUT2D eigenvalue weighted by Crippen LogP contribution is -2.23. The lowest BCUT2D eigenvalue weighted by atomic mass is 10.2. The lowest BCUT2D eigenvalue weighted by Gasteiger charge is -2.12. The average Bonchev–Trinajstić information content (AvgIpc) is 2.93. The van der Waals surface area contributed by atoms with Gasteiger partial charge in [0.1, 0.15) is 5.75 Å². The highest BCUT2D eigenvalue weighted by molar-refractivity contribution is 8.00. The highest BCUT2D eigenvalue weighted by Gasteiger charge is 2.18. The zero-order valence-electron chi connectivity index (χ0n) is 13.6. The molecule has 2 aromatic carbocycles. The minimum atomic E-state index is -0.358. The van der Waals surface area contributed by atoms with Gasteiger partial charge in [0.25, 0.3) is 0 Å². The van der Waals surface area contributed by atoms with Gasteiger partial charge in [-0.15, -0.1) is 0 Å². The van der Waals surface area contributed by atoms with Crippen molar-refractivity contribution in [2.45, 2.75) is 24.3 Å². The normalized spacial score (nSPS) is 12.2. The Hall–Kier alpha value is -2.47. The Balaban J connectivity index is 2.08. The molecular formula is C18H19N3O2S. The van der Waals surface area contributed by atoms with E-state index < -0.39 is 0 Å². The third-order valence-corrected chi connectivity index (χ3v) is 4.69. The number of thioether (sulfide) groups is 1. The standard InChI is InChI=1S/C18H19N3O2S/c1-3-23-14-10-8-13(9-11-14)21-16-7-5-4-6-15(16)20-18(21)24-12(2)17(19)22/h4-12H,3H2,1-2H3,(H2,19,22)/t12-/m0/s1. The Morgan fingerprint density at radius 1 is 1.25 bits per heavy atom. The number of nitrogens with two attached hydrogens (primary N) is 1. The average molecular weight is 341 g/mol. The second-order valence-corrected chi connectivity index (χ2v) is 6.62. The Morgan fingerprint density at radius 3 is 2.62 bits per heavy atom. The highest BCUT2D eigenvalue weighted by atomic mass is 32.2. The van der Waals surface area contributed by atoms with Gasteiger partial charge < -0.3 is 10.5 Å². The van der Waals surface area contributed by atoms with E-state index in [1.54, 1.807) is 6.92 Å². The van der Waals surface area contributed by atoms with E-state index in [0.29, 0.717) is 6.61 Å². The Bertz CT molecular complexity index is 858. The van der Waals surface area contributed by atoms with E-state index >= 15 is 0 Å². The number of hydrogen-bond donors (Lipinski definition) is 1. The molecule has 124 valence electrons. The molecule has 6 heteroatoms. The van der Waals surface area contributed by atoms with Gasteiger partial charge in [-0.25, -0.2) is 4.98 Å². The number of ether oxygens (including phenoxy) is 1. The second kappa shape index (κ2) is 6.97. The number of imidazole rings is 1. The Labute approximate surface area is 144 Å². The first kappa shape index (κ1) is 16.4. The molecule has 0 fully saturated rings. The van der Waals surface area contributed by atoms with Crippen LogP contribution in [0.15, 0.2) is 53.7 Å². The predicted molar refractivity (Wildman–Crippen MR) is 96.8 cm³/mol. The number of carbonyl (C=O) groups excluding carboxylic acids is 1. The SMILES string of the molecule is CCOc1ccc(-n2c(S[C@@H](C)C(N)=O)nc3ccccc32)cc1. The molecule has 1 aromatic heterocycles. The van der Waals surface area contributed by atoms with E-state index in [4.69, 9.17) is 10.5 Å². The van der Waals surface area contributed by atoms with Crippen LogP contribution in [0.2, 0.25) is 0 Å². The maximum absolute atomic E-state index is 11.4. The van der Waals surface area contributed by atoms with Gasteiger partial charge in [-0.2, -0.15) is 0 Å². The maximum atomic E-state index is 11.4. The summed E-state index contributed by atoms with van der Waals surface area (Å²) >= 11 is 1.36. The number of carbonyl (C=O) groups is 1. The van der Waals surface area contributed by atoms with Crippen LogP contribution < -0.4 is 10.5 Å². The van der Waals surface area contributed by atoms with Crippen molar-refractivity contribution >= 4 is 28.7 Å². The molecule has 5 nitrogen and oxygen atoms in total. The molecule has 1 amide bonds. The van der Waals surface area contributed by atoms with Crippen LogP contribution in [-0.2, 0) is 4.79 Å². The molecule has 0 aliphatic heterocycles. The van der Waals surface area contributed by atoms with Crippen molar-refractivity contribution in [1.29, 1.82) is 0 Å². The molecule has 2 N–H and O–H groups in total. The van der Waals surface area contributed by atoms with Crippen LogP contribution in [0.1, 0.15) is 13.8 Å². The maximum Gasteiger partial charge on any atom is 0.230 e. The minimum Gasteiger partial charge on any atom is -0.494 e. The van der Waals surface area contributed by atoms with Crippen molar-refractivity contribution in [1.82, 2.24) is 9.55 Å². The fourth-order valence-electron chi connectivity index (χ4n) is 2.41. The first-order chi connectivity index (χ1) is 11.6. The van der Waals surface area contributed by atoms with E-state index in [9.17, 15) is 4.79 Å². The summed E-state index contributed by atoms with van der Waals surface area (Å²) in [6.07, 6.45) is 0. The Kier molecular flexibility index (Phi) is 4.76. The van der Waals surface area contributed by atoms with Gasteiger partial charge in [0.05, 0.1) is 22.9 Å². The quantitative estimate of drug-likeness (QED) is 0.698. The van der Waals surface area contributed by atoms with Gasteiger partial charge >= 0.3 is 0 Å². The van der Waals surface area contributed by atoms with Crippen molar-refractivity contribution in [2.24, 2.45) is 5.73 Å². The fraction of sp³-hybridized carbons (Fsp3) is 0.222. The van der Waals surface area contributed by atoms with E-state index in [0.717, 1.165) is 27.6 Å². The van der Waals surface area contributed by atoms with Gasteiger partial charge in [0.2, 0.25) is 5.91 Å². The fourth-order valence-corrected chi connectivity index (χ4v) is 3.30. The zero-order chi connectivity index (χ0) is 17.1. The molecule has 0 unspecified atom stereocenters. The van der Waals surface area contributed by atoms with E-state index in [2.05, 4.69) is 4.98 Å². The van der Waals surface area contributed by atoms with Gasteiger partial charge in [-0.1, -0.05) is 23.9 Å². The van der Waals surface area contributed by atoms with E-state index in [1.807, 2.05) is 60.0 Å². The van der Waals surface area contributed by atoms with Crippen LogP contribution in [0.25, 0.3) is 16.7 Å². The first-order valence-corrected chi connectivity index (χ1v) is 8.64. The summed E-state index contributed by atoms with van der Waals surface area (Å²) in [7, 11) is 0. The number of rotatable bonds is 6. The number of primary amides is 1. The molecule has 0 bridgehead atoms. The van der Waals surface area contributed by atoms with Crippen LogP contribution in [-0.4, -0.2) is 27.3 Å². The third-order valence-electron chi connectivity index (χ3n) is 3.62. The summed E-state index contributed by atoms with van der Waals surface area (Å²) < 4.78 is 7.54.